The number of hydrogen-bond acceptors (Lipinski definition) is 4. The van der Waals surface area contributed by atoms with Gasteiger partial charge in [-0.25, -0.2) is 14.4 Å². The molecule has 4 nitrogen and oxygen atoms in total. The molecule has 2 heterocycles. The molecule has 0 unspecified atom stereocenters. The molecule has 106 valence electrons. The maximum absolute atomic E-state index is 14.0. The third kappa shape index (κ3) is 2.62. The van der Waals surface area contributed by atoms with E-state index in [2.05, 4.69) is 15.3 Å². The van der Waals surface area contributed by atoms with Crippen molar-refractivity contribution in [2.75, 3.05) is 5.32 Å². The molecule has 0 aliphatic rings. The maximum Gasteiger partial charge on any atom is 0.221 e. The molecular formula is C15H12FN3OS. The second kappa shape index (κ2) is 5.21. The second-order valence-corrected chi connectivity index (χ2v) is 5.45. The highest BCUT2D eigenvalue weighted by Crippen LogP contribution is 2.28. The zero-order valence-corrected chi connectivity index (χ0v) is 12.3. The van der Waals surface area contributed by atoms with Gasteiger partial charge < -0.3 is 5.32 Å². The lowest BCUT2D eigenvalue weighted by atomic mass is 10.1. The fraction of sp³-hybridized carbons (Fsp3) is 0.133. The van der Waals surface area contributed by atoms with E-state index in [0.29, 0.717) is 5.52 Å². The zero-order chi connectivity index (χ0) is 15.0. The van der Waals surface area contributed by atoms with Gasteiger partial charge in [0.05, 0.1) is 28.1 Å². The number of fused-ring (bicyclic) bond motifs is 1. The fourth-order valence-electron chi connectivity index (χ4n) is 2.17. The molecule has 0 bridgehead atoms. The average Bonchev–Trinajstić information content (AvgIpc) is 2.94. The highest BCUT2D eigenvalue weighted by molar-refractivity contribution is 7.07. The van der Waals surface area contributed by atoms with Crippen LogP contribution in [0.1, 0.15) is 12.5 Å². The van der Waals surface area contributed by atoms with Crippen LogP contribution in [-0.4, -0.2) is 15.9 Å². The number of pyridine rings is 1. The molecule has 21 heavy (non-hydrogen) atoms. The summed E-state index contributed by atoms with van der Waals surface area (Å²) in [6.07, 6.45) is 0. The quantitative estimate of drug-likeness (QED) is 0.784. The van der Waals surface area contributed by atoms with Crippen LogP contribution in [0.15, 0.2) is 29.1 Å². The summed E-state index contributed by atoms with van der Waals surface area (Å²) in [7, 11) is 0. The Morgan fingerprint density at radius 2 is 2.10 bits per heavy atom. The third-order valence-corrected chi connectivity index (χ3v) is 3.70. The Hall–Kier alpha value is -2.34. The fourth-order valence-corrected chi connectivity index (χ4v) is 2.72. The Morgan fingerprint density at radius 3 is 2.76 bits per heavy atom. The lowest BCUT2D eigenvalue weighted by molar-refractivity contribution is -0.114. The van der Waals surface area contributed by atoms with Crippen molar-refractivity contribution >= 4 is 33.8 Å². The number of anilines is 1. The van der Waals surface area contributed by atoms with E-state index >= 15 is 0 Å². The third-order valence-electron chi connectivity index (χ3n) is 3.11. The topological polar surface area (TPSA) is 54.9 Å². The van der Waals surface area contributed by atoms with Gasteiger partial charge in [0.1, 0.15) is 5.82 Å². The molecule has 1 N–H and O–H groups in total. The van der Waals surface area contributed by atoms with E-state index in [4.69, 9.17) is 0 Å². The molecule has 0 fully saturated rings. The summed E-state index contributed by atoms with van der Waals surface area (Å²) in [4.78, 5) is 19.9. The van der Waals surface area contributed by atoms with Crippen LogP contribution in [0.3, 0.4) is 0 Å². The predicted octanol–water partition coefficient (Wildman–Crippen LogP) is 3.76. The number of halogens is 1. The summed E-state index contributed by atoms with van der Waals surface area (Å²) in [6.45, 7) is 3.24. The monoisotopic (exact) mass is 301 g/mol. The van der Waals surface area contributed by atoms with Crippen molar-refractivity contribution in [1.29, 1.82) is 0 Å². The van der Waals surface area contributed by atoms with Gasteiger partial charge >= 0.3 is 0 Å². The van der Waals surface area contributed by atoms with Crippen molar-refractivity contribution in [3.63, 3.8) is 0 Å². The van der Waals surface area contributed by atoms with Crippen LogP contribution in [0.4, 0.5) is 10.1 Å². The van der Waals surface area contributed by atoms with Crippen LogP contribution >= 0.6 is 11.3 Å². The molecule has 0 aliphatic heterocycles. The first kappa shape index (κ1) is 13.6. The van der Waals surface area contributed by atoms with Gasteiger partial charge in [-0.05, 0) is 30.7 Å². The Labute approximate surface area is 124 Å². The minimum Gasteiger partial charge on any atom is -0.324 e. The normalized spacial score (nSPS) is 10.8. The summed E-state index contributed by atoms with van der Waals surface area (Å²) in [6, 6.07) is 4.83. The Kier molecular flexibility index (Phi) is 3.39. The van der Waals surface area contributed by atoms with E-state index in [1.807, 2.05) is 18.4 Å². The van der Waals surface area contributed by atoms with Crippen LogP contribution in [0.5, 0.6) is 0 Å². The number of benzene rings is 1. The van der Waals surface area contributed by atoms with E-state index in [0.717, 1.165) is 22.3 Å². The first-order valence-corrected chi connectivity index (χ1v) is 7.26. The van der Waals surface area contributed by atoms with E-state index in [9.17, 15) is 9.18 Å². The number of aryl methyl sites for hydroxylation is 1. The molecule has 1 amide bonds. The lowest BCUT2D eigenvalue weighted by Crippen LogP contribution is -2.07. The van der Waals surface area contributed by atoms with Gasteiger partial charge in [-0.2, -0.15) is 0 Å². The summed E-state index contributed by atoms with van der Waals surface area (Å²) < 4.78 is 14.0. The predicted molar refractivity (Wildman–Crippen MR) is 81.8 cm³/mol. The number of nitrogens with one attached hydrogen (secondary N) is 1. The van der Waals surface area contributed by atoms with Crippen molar-refractivity contribution in [1.82, 2.24) is 9.97 Å². The van der Waals surface area contributed by atoms with Crippen molar-refractivity contribution in [3.8, 4) is 11.4 Å². The number of rotatable bonds is 2. The second-order valence-electron chi connectivity index (χ2n) is 4.73. The number of thiazole rings is 1. The van der Waals surface area contributed by atoms with Gasteiger partial charge in [0.15, 0.2) is 0 Å². The van der Waals surface area contributed by atoms with E-state index in [-0.39, 0.29) is 11.6 Å². The Bertz CT molecular complexity index is 831. The van der Waals surface area contributed by atoms with Crippen molar-refractivity contribution in [2.45, 2.75) is 13.8 Å². The summed E-state index contributed by atoms with van der Waals surface area (Å²) in [5, 5.41) is 5.10. The lowest BCUT2D eigenvalue weighted by Gasteiger charge is -2.09. The summed E-state index contributed by atoms with van der Waals surface area (Å²) in [5.41, 5.74) is 4.94. The summed E-state index contributed by atoms with van der Waals surface area (Å²) in [5.74, 6) is -0.787. The van der Waals surface area contributed by atoms with Crippen LogP contribution < -0.4 is 5.32 Å². The van der Waals surface area contributed by atoms with Crippen LogP contribution in [0, 0.1) is 12.7 Å². The van der Waals surface area contributed by atoms with Crippen LogP contribution in [0.25, 0.3) is 22.3 Å². The van der Waals surface area contributed by atoms with Gasteiger partial charge in [0.25, 0.3) is 0 Å². The molecule has 0 aliphatic carbocycles. The first-order valence-electron chi connectivity index (χ1n) is 6.31. The first-order chi connectivity index (χ1) is 10.0. The largest absolute Gasteiger partial charge is 0.324 e. The number of nitrogens with zero attached hydrogens (tertiary/aromatic N) is 2. The molecule has 1 aromatic carbocycles. The molecule has 0 radical (unpaired) electrons. The highest BCUT2D eigenvalue weighted by atomic mass is 32.1. The van der Waals surface area contributed by atoms with E-state index in [1.54, 1.807) is 11.6 Å². The molecule has 2 aromatic heterocycles. The number of carbonyl (C=O) groups is 1. The SMILES string of the molecule is CC(=O)Nc1cc2nc(-c3cscn3)cc(C)c2cc1F. The van der Waals surface area contributed by atoms with Gasteiger partial charge in [-0.3, -0.25) is 4.79 Å². The number of carbonyl (C=O) groups excluding carboxylic acids is 1. The average molecular weight is 301 g/mol. The van der Waals surface area contributed by atoms with Gasteiger partial charge in [-0.15, -0.1) is 11.3 Å². The molecule has 3 aromatic rings. The van der Waals surface area contributed by atoms with Crippen molar-refractivity contribution in [3.05, 3.63) is 40.5 Å². The Morgan fingerprint density at radius 1 is 1.29 bits per heavy atom. The molecule has 0 saturated heterocycles. The van der Waals surface area contributed by atoms with E-state index in [1.165, 1.54) is 24.3 Å². The molecule has 0 spiro atoms. The van der Waals surface area contributed by atoms with Crippen LogP contribution in [0.2, 0.25) is 0 Å². The minimum absolute atomic E-state index is 0.136. The van der Waals surface area contributed by atoms with Gasteiger partial charge in [0.2, 0.25) is 5.91 Å². The maximum atomic E-state index is 14.0. The van der Waals surface area contributed by atoms with Crippen LogP contribution in [-0.2, 0) is 4.79 Å². The van der Waals surface area contributed by atoms with Crippen molar-refractivity contribution < 1.29 is 9.18 Å². The van der Waals surface area contributed by atoms with Crippen molar-refractivity contribution in [2.24, 2.45) is 0 Å². The molecule has 6 heteroatoms. The minimum atomic E-state index is -0.469. The number of aromatic nitrogens is 2. The molecular weight excluding hydrogens is 289 g/mol. The Balaban J connectivity index is 2.20. The highest BCUT2D eigenvalue weighted by Gasteiger charge is 2.11. The smallest absolute Gasteiger partial charge is 0.221 e. The summed E-state index contributed by atoms with van der Waals surface area (Å²) >= 11 is 1.49. The standard InChI is InChI=1S/C15H12FN3OS/c1-8-3-14(15-6-21-7-17-15)19-12-5-13(18-9(2)20)11(16)4-10(8)12/h3-7H,1-2H3,(H,18,20). The molecule has 3 rings (SSSR count). The molecule has 0 saturated carbocycles. The van der Waals surface area contributed by atoms with Gasteiger partial charge in [-0.1, -0.05) is 0 Å². The zero-order valence-electron chi connectivity index (χ0n) is 11.5. The molecule has 0 atom stereocenters. The number of hydrogen-bond donors (Lipinski definition) is 1. The van der Waals surface area contributed by atoms with Gasteiger partial charge in [0, 0.05) is 17.7 Å². The number of amides is 1. The van der Waals surface area contributed by atoms with E-state index < -0.39 is 5.82 Å².